The maximum atomic E-state index is 12.9. The average Bonchev–Trinajstić information content (AvgIpc) is 2.87. The Morgan fingerprint density at radius 1 is 1.18 bits per heavy atom. The summed E-state index contributed by atoms with van der Waals surface area (Å²) in [6.07, 6.45) is 6.82. The van der Waals surface area contributed by atoms with E-state index in [0.29, 0.717) is 28.5 Å². The van der Waals surface area contributed by atoms with Crippen molar-refractivity contribution in [3.05, 3.63) is 47.5 Å². The number of carbonyl (C=O) groups excluding carboxylic acids is 3. The van der Waals surface area contributed by atoms with Crippen molar-refractivity contribution in [2.45, 2.75) is 44.2 Å². The van der Waals surface area contributed by atoms with E-state index < -0.39 is 0 Å². The van der Waals surface area contributed by atoms with Crippen LogP contribution in [-0.2, 0) is 0 Å². The van der Waals surface area contributed by atoms with Gasteiger partial charge in [-0.2, -0.15) is 0 Å². The van der Waals surface area contributed by atoms with Crippen LogP contribution in [0.5, 0.6) is 0 Å². The third-order valence-corrected chi connectivity index (χ3v) is 6.22. The summed E-state index contributed by atoms with van der Waals surface area (Å²) < 4.78 is 0. The lowest BCUT2D eigenvalue weighted by molar-refractivity contribution is 0.0671. The van der Waals surface area contributed by atoms with E-state index >= 15 is 0 Å². The third kappa shape index (κ3) is 3.47. The van der Waals surface area contributed by atoms with Gasteiger partial charge in [0.1, 0.15) is 0 Å². The highest BCUT2D eigenvalue weighted by Gasteiger charge is 2.40. The lowest BCUT2D eigenvalue weighted by Crippen LogP contribution is -2.53. The molecule has 3 aliphatic rings. The topological polar surface area (TPSA) is 92.5 Å². The molecule has 1 heterocycles. The predicted octanol–water partition coefficient (Wildman–Crippen LogP) is 2.53. The number of nitrogens with one attached hydrogen (secondary N) is 1. The largest absolute Gasteiger partial charge is 0.349 e. The van der Waals surface area contributed by atoms with Gasteiger partial charge in [-0.15, -0.1) is 19.0 Å². The van der Waals surface area contributed by atoms with Crippen LogP contribution in [0, 0.1) is 11.8 Å². The van der Waals surface area contributed by atoms with Gasteiger partial charge in [0.2, 0.25) is 0 Å². The minimum atomic E-state index is -0.370. The van der Waals surface area contributed by atoms with E-state index in [9.17, 15) is 14.4 Å². The molecule has 6 nitrogen and oxygen atoms in total. The van der Waals surface area contributed by atoms with Crippen LogP contribution in [0.4, 0.5) is 0 Å². The molecule has 1 aromatic carbocycles. The SMILES string of the molecule is C=CCN1C(=O)c2ccc(C(=O)NC3C4CCCC3CC(N)C4)cc2C1=O.Cl. The van der Waals surface area contributed by atoms with Gasteiger partial charge in [-0.05, 0) is 55.7 Å². The van der Waals surface area contributed by atoms with Gasteiger partial charge in [0.25, 0.3) is 17.7 Å². The number of nitrogens with zero attached hydrogens (tertiary/aromatic N) is 1. The fourth-order valence-corrected chi connectivity index (χ4v) is 4.99. The summed E-state index contributed by atoms with van der Waals surface area (Å²) in [5.74, 6) is -0.0327. The number of hydrogen-bond acceptors (Lipinski definition) is 4. The number of amides is 3. The van der Waals surface area contributed by atoms with Gasteiger partial charge in [-0.1, -0.05) is 12.5 Å². The quantitative estimate of drug-likeness (QED) is 0.596. The minimum Gasteiger partial charge on any atom is -0.349 e. The summed E-state index contributed by atoms with van der Waals surface area (Å²) in [7, 11) is 0. The second-order valence-corrected chi connectivity index (χ2v) is 7.95. The molecule has 1 aromatic rings. The zero-order valence-electron chi connectivity index (χ0n) is 15.7. The van der Waals surface area contributed by atoms with Crippen LogP contribution in [0.1, 0.15) is 63.2 Å². The molecule has 150 valence electrons. The zero-order chi connectivity index (χ0) is 19.1. The van der Waals surface area contributed by atoms with Crippen LogP contribution >= 0.6 is 12.4 Å². The van der Waals surface area contributed by atoms with E-state index in [1.165, 1.54) is 12.5 Å². The standard InChI is InChI=1S/C21H25N3O3.ClH/c1-2-8-24-20(26)16-7-6-14(11-17(16)21(24)27)19(25)23-18-12-4-3-5-13(18)10-15(22)9-12;/h2,6-7,11-13,15,18H,1,3-5,8-10,22H2,(H,23,25);1H. The number of carbonyl (C=O) groups is 3. The van der Waals surface area contributed by atoms with Crippen molar-refractivity contribution < 1.29 is 14.4 Å². The Hall–Kier alpha value is -2.18. The molecule has 2 aliphatic carbocycles. The zero-order valence-corrected chi connectivity index (χ0v) is 16.5. The van der Waals surface area contributed by atoms with Gasteiger partial charge in [-0.3, -0.25) is 19.3 Å². The molecular weight excluding hydrogens is 378 g/mol. The summed E-state index contributed by atoms with van der Waals surface area (Å²) in [5, 5.41) is 3.19. The highest BCUT2D eigenvalue weighted by atomic mass is 35.5. The third-order valence-electron chi connectivity index (χ3n) is 6.22. The van der Waals surface area contributed by atoms with Crippen molar-refractivity contribution in [1.82, 2.24) is 10.2 Å². The van der Waals surface area contributed by atoms with Crippen LogP contribution in [0.25, 0.3) is 0 Å². The van der Waals surface area contributed by atoms with Crippen LogP contribution < -0.4 is 11.1 Å². The Balaban J connectivity index is 0.00000225. The van der Waals surface area contributed by atoms with Crippen LogP contribution in [-0.4, -0.2) is 41.2 Å². The summed E-state index contributed by atoms with van der Waals surface area (Å²) in [6.45, 7) is 3.75. The molecule has 3 amide bonds. The van der Waals surface area contributed by atoms with Crippen molar-refractivity contribution in [1.29, 1.82) is 0 Å². The van der Waals surface area contributed by atoms with E-state index in [4.69, 9.17) is 5.73 Å². The van der Waals surface area contributed by atoms with Crippen molar-refractivity contribution in [2.24, 2.45) is 17.6 Å². The molecule has 2 unspecified atom stereocenters. The number of imide groups is 1. The van der Waals surface area contributed by atoms with E-state index in [-0.39, 0.29) is 48.8 Å². The second kappa shape index (κ2) is 8.05. The number of benzene rings is 1. The van der Waals surface area contributed by atoms with Crippen LogP contribution in [0.2, 0.25) is 0 Å². The molecule has 0 radical (unpaired) electrons. The molecule has 1 aliphatic heterocycles. The Bertz CT molecular complexity index is 811. The molecule has 28 heavy (non-hydrogen) atoms. The molecule has 2 saturated carbocycles. The summed E-state index contributed by atoms with van der Waals surface area (Å²) in [5.41, 5.74) is 7.22. The summed E-state index contributed by atoms with van der Waals surface area (Å²) >= 11 is 0. The number of halogens is 1. The van der Waals surface area contributed by atoms with Crippen LogP contribution in [0.15, 0.2) is 30.9 Å². The Kier molecular flexibility index (Phi) is 5.91. The molecule has 0 saturated heterocycles. The minimum absolute atomic E-state index is 0. The maximum Gasteiger partial charge on any atom is 0.261 e. The van der Waals surface area contributed by atoms with Crippen LogP contribution in [0.3, 0.4) is 0 Å². The Labute approximate surface area is 170 Å². The number of nitrogens with two attached hydrogens (primary N) is 1. The monoisotopic (exact) mass is 403 g/mol. The van der Waals surface area contributed by atoms with Gasteiger partial charge < -0.3 is 11.1 Å². The maximum absolute atomic E-state index is 12.9. The van der Waals surface area contributed by atoms with E-state index in [0.717, 1.165) is 30.6 Å². The molecule has 2 bridgehead atoms. The van der Waals surface area contributed by atoms with E-state index in [1.54, 1.807) is 18.2 Å². The van der Waals surface area contributed by atoms with E-state index in [1.807, 2.05) is 0 Å². The van der Waals surface area contributed by atoms with Crippen molar-refractivity contribution in [3.8, 4) is 0 Å². The molecular formula is C21H26ClN3O3. The van der Waals surface area contributed by atoms with Gasteiger partial charge in [0, 0.05) is 24.2 Å². The normalized spacial score (nSPS) is 28.4. The van der Waals surface area contributed by atoms with Gasteiger partial charge in [-0.25, -0.2) is 0 Å². The van der Waals surface area contributed by atoms with Crippen molar-refractivity contribution in [3.63, 3.8) is 0 Å². The highest BCUT2D eigenvalue weighted by Crippen LogP contribution is 2.39. The van der Waals surface area contributed by atoms with Gasteiger partial charge >= 0.3 is 0 Å². The first kappa shape index (κ1) is 20.6. The summed E-state index contributed by atoms with van der Waals surface area (Å²) in [4.78, 5) is 38.8. The second-order valence-electron chi connectivity index (χ2n) is 7.95. The first-order valence-corrected chi connectivity index (χ1v) is 9.67. The molecule has 4 rings (SSSR count). The average molecular weight is 404 g/mol. The lowest BCUT2D eigenvalue weighted by atomic mass is 9.67. The molecule has 3 N–H and O–H groups in total. The molecule has 2 atom stereocenters. The van der Waals surface area contributed by atoms with Gasteiger partial charge in [0.15, 0.2) is 0 Å². The molecule has 0 aromatic heterocycles. The first-order chi connectivity index (χ1) is 13.0. The number of hydrogen-bond donors (Lipinski definition) is 2. The Morgan fingerprint density at radius 3 is 2.46 bits per heavy atom. The predicted molar refractivity (Wildman–Crippen MR) is 109 cm³/mol. The summed E-state index contributed by atoms with van der Waals surface area (Å²) in [6, 6.07) is 5.12. The smallest absolute Gasteiger partial charge is 0.261 e. The molecule has 7 heteroatoms. The fourth-order valence-electron chi connectivity index (χ4n) is 4.99. The van der Waals surface area contributed by atoms with Crippen molar-refractivity contribution >= 4 is 30.1 Å². The van der Waals surface area contributed by atoms with E-state index in [2.05, 4.69) is 11.9 Å². The van der Waals surface area contributed by atoms with Crippen molar-refractivity contribution in [2.75, 3.05) is 6.54 Å². The molecule has 0 spiro atoms. The first-order valence-electron chi connectivity index (χ1n) is 9.67. The lowest BCUT2D eigenvalue weighted by Gasteiger charge is -2.45. The highest BCUT2D eigenvalue weighted by molar-refractivity contribution is 6.22. The Morgan fingerprint density at radius 2 is 1.82 bits per heavy atom. The number of fused-ring (bicyclic) bond motifs is 3. The van der Waals surface area contributed by atoms with Gasteiger partial charge in [0.05, 0.1) is 11.1 Å². The fraction of sp³-hybridized carbons (Fsp3) is 0.476. The number of rotatable bonds is 4. The molecule has 2 fully saturated rings.